The zero-order chi connectivity index (χ0) is 11.3. The number of pyridine rings is 1. The predicted molar refractivity (Wildman–Crippen MR) is 64.9 cm³/mol. The molecule has 0 saturated carbocycles. The standard InChI is InChI=1S/C12H21N3/c1-10-8-14-7-4-11(10)15-9-12(2,3)5-6-13/h4,7-8H,5-6,9,13H2,1-3H3,(H,14,15). The first kappa shape index (κ1) is 12.0. The molecule has 0 amide bonds. The lowest BCUT2D eigenvalue weighted by Crippen LogP contribution is -2.26. The van der Waals surface area contributed by atoms with Crippen LogP contribution in [0.5, 0.6) is 0 Å². The third-order valence-electron chi connectivity index (χ3n) is 2.60. The Hall–Kier alpha value is -1.09. The second kappa shape index (κ2) is 5.12. The van der Waals surface area contributed by atoms with Crippen molar-refractivity contribution in [2.75, 3.05) is 18.4 Å². The van der Waals surface area contributed by atoms with Crippen molar-refractivity contribution in [3.63, 3.8) is 0 Å². The van der Waals surface area contributed by atoms with E-state index in [0.717, 1.165) is 25.2 Å². The van der Waals surface area contributed by atoms with E-state index >= 15 is 0 Å². The van der Waals surface area contributed by atoms with E-state index in [2.05, 4.69) is 31.1 Å². The molecule has 0 fully saturated rings. The van der Waals surface area contributed by atoms with Crippen LogP contribution in [0.15, 0.2) is 18.5 Å². The van der Waals surface area contributed by atoms with Gasteiger partial charge in [0.25, 0.3) is 0 Å². The van der Waals surface area contributed by atoms with Gasteiger partial charge in [-0.25, -0.2) is 0 Å². The van der Waals surface area contributed by atoms with Gasteiger partial charge in [-0.15, -0.1) is 0 Å². The van der Waals surface area contributed by atoms with Crippen LogP contribution in [0.2, 0.25) is 0 Å². The molecule has 1 rings (SSSR count). The lowest BCUT2D eigenvalue weighted by Gasteiger charge is -2.25. The minimum absolute atomic E-state index is 0.241. The first-order chi connectivity index (χ1) is 7.05. The van der Waals surface area contributed by atoms with Crippen molar-refractivity contribution < 1.29 is 0 Å². The predicted octanol–water partition coefficient (Wildman–Crippen LogP) is 2.18. The minimum atomic E-state index is 0.241. The van der Waals surface area contributed by atoms with E-state index < -0.39 is 0 Å². The molecule has 0 unspecified atom stereocenters. The van der Waals surface area contributed by atoms with Gasteiger partial charge in [-0.05, 0) is 36.9 Å². The Bertz CT molecular complexity index is 307. The maximum Gasteiger partial charge on any atom is 0.0400 e. The van der Waals surface area contributed by atoms with Crippen LogP contribution in [0.25, 0.3) is 0 Å². The highest BCUT2D eigenvalue weighted by Crippen LogP contribution is 2.21. The van der Waals surface area contributed by atoms with Gasteiger partial charge in [0.2, 0.25) is 0 Å². The lowest BCUT2D eigenvalue weighted by atomic mass is 9.89. The largest absolute Gasteiger partial charge is 0.384 e. The maximum atomic E-state index is 5.58. The zero-order valence-electron chi connectivity index (χ0n) is 9.88. The topological polar surface area (TPSA) is 50.9 Å². The Kier molecular flexibility index (Phi) is 4.09. The van der Waals surface area contributed by atoms with Gasteiger partial charge >= 0.3 is 0 Å². The van der Waals surface area contributed by atoms with Gasteiger partial charge in [-0.1, -0.05) is 13.8 Å². The molecule has 0 saturated heterocycles. The number of hydrogen-bond acceptors (Lipinski definition) is 3. The normalized spacial score (nSPS) is 11.5. The molecule has 0 aliphatic carbocycles. The summed E-state index contributed by atoms with van der Waals surface area (Å²) in [6.45, 7) is 8.19. The zero-order valence-corrected chi connectivity index (χ0v) is 9.88. The molecular weight excluding hydrogens is 186 g/mol. The molecule has 0 spiro atoms. The summed E-state index contributed by atoms with van der Waals surface area (Å²) in [6, 6.07) is 2.01. The third kappa shape index (κ3) is 3.88. The molecule has 0 aliphatic rings. The van der Waals surface area contributed by atoms with Crippen molar-refractivity contribution in [1.29, 1.82) is 0 Å². The van der Waals surface area contributed by atoms with Crippen molar-refractivity contribution in [3.8, 4) is 0 Å². The Labute approximate surface area is 92.1 Å². The van der Waals surface area contributed by atoms with E-state index in [0.29, 0.717) is 0 Å². The Morgan fingerprint density at radius 3 is 2.80 bits per heavy atom. The number of aryl methyl sites for hydroxylation is 1. The van der Waals surface area contributed by atoms with Crippen LogP contribution in [0.3, 0.4) is 0 Å². The van der Waals surface area contributed by atoms with E-state index in [4.69, 9.17) is 5.73 Å². The highest BCUT2D eigenvalue weighted by atomic mass is 14.9. The van der Waals surface area contributed by atoms with Crippen LogP contribution < -0.4 is 11.1 Å². The molecule has 0 radical (unpaired) electrons. The fourth-order valence-electron chi connectivity index (χ4n) is 1.49. The lowest BCUT2D eigenvalue weighted by molar-refractivity contribution is 0.365. The van der Waals surface area contributed by atoms with Crippen LogP contribution in [0.4, 0.5) is 5.69 Å². The summed E-state index contributed by atoms with van der Waals surface area (Å²) in [4.78, 5) is 4.07. The number of nitrogens with zero attached hydrogens (tertiary/aromatic N) is 1. The number of nitrogens with one attached hydrogen (secondary N) is 1. The van der Waals surface area contributed by atoms with Crippen LogP contribution in [0.1, 0.15) is 25.8 Å². The molecule has 3 heteroatoms. The van der Waals surface area contributed by atoms with Gasteiger partial charge in [0.1, 0.15) is 0 Å². The summed E-state index contributed by atoms with van der Waals surface area (Å²) in [6.07, 6.45) is 4.72. The number of rotatable bonds is 5. The van der Waals surface area contributed by atoms with Gasteiger partial charge in [0, 0.05) is 24.6 Å². The molecule has 0 aromatic carbocycles. The van der Waals surface area contributed by atoms with Crippen molar-refractivity contribution in [2.24, 2.45) is 11.1 Å². The van der Waals surface area contributed by atoms with E-state index in [1.165, 1.54) is 5.56 Å². The molecule has 1 heterocycles. The van der Waals surface area contributed by atoms with E-state index in [1.807, 2.05) is 18.5 Å². The summed E-state index contributed by atoms with van der Waals surface area (Å²) in [5.41, 5.74) is 8.16. The molecule has 0 aliphatic heterocycles. The highest BCUT2D eigenvalue weighted by Gasteiger charge is 2.16. The van der Waals surface area contributed by atoms with E-state index in [-0.39, 0.29) is 5.41 Å². The molecule has 84 valence electrons. The van der Waals surface area contributed by atoms with E-state index in [1.54, 1.807) is 0 Å². The Balaban J connectivity index is 2.53. The Morgan fingerprint density at radius 2 is 2.20 bits per heavy atom. The van der Waals surface area contributed by atoms with Gasteiger partial charge in [-0.2, -0.15) is 0 Å². The summed E-state index contributed by atoms with van der Waals surface area (Å²) in [5, 5.41) is 3.44. The van der Waals surface area contributed by atoms with Crippen LogP contribution in [-0.2, 0) is 0 Å². The highest BCUT2D eigenvalue weighted by molar-refractivity contribution is 5.48. The second-order valence-corrected chi connectivity index (χ2v) is 4.75. The molecule has 0 bridgehead atoms. The minimum Gasteiger partial charge on any atom is -0.384 e. The fraction of sp³-hybridized carbons (Fsp3) is 0.583. The third-order valence-corrected chi connectivity index (χ3v) is 2.60. The summed E-state index contributed by atoms with van der Waals surface area (Å²) in [7, 11) is 0. The smallest absolute Gasteiger partial charge is 0.0400 e. The van der Waals surface area contributed by atoms with Crippen molar-refractivity contribution in [3.05, 3.63) is 24.0 Å². The average molecular weight is 207 g/mol. The molecule has 1 aromatic rings. The van der Waals surface area contributed by atoms with Gasteiger partial charge in [0.15, 0.2) is 0 Å². The monoisotopic (exact) mass is 207 g/mol. The van der Waals surface area contributed by atoms with E-state index in [9.17, 15) is 0 Å². The van der Waals surface area contributed by atoms with Crippen molar-refractivity contribution in [1.82, 2.24) is 4.98 Å². The molecule has 3 N–H and O–H groups in total. The van der Waals surface area contributed by atoms with Gasteiger partial charge in [-0.3, -0.25) is 4.98 Å². The SMILES string of the molecule is Cc1cnccc1NCC(C)(C)CCN. The van der Waals surface area contributed by atoms with Gasteiger partial charge in [0.05, 0.1) is 0 Å². The molecule has 1 aromatic heterocycles. The fourth-order valence-corrected chi connectivity index (χ4v) is 1.49. The summed E-state index contributed by atoms with van der Waals surface area (Å²) >= 11 is 0. The van der Waals surface area contributed by atoms with Crippen molar-refractivity contribution in [2.45, 2.75) is 27.2 Å². The molecule has 3 nitrogen and oxygen atoms in total. The molecule has 15 heavy (non-hydrogen) atoms. The van der Waals surface area contributed by atoms with Crippen LogP contribution in [0, 0.1) is 12.3 Å². The molecule has 0 atom stereocenters. The number of hydrogen-bond donors (Lipinski definition) is 2. The quantitative estimate of drug-likeness (QED) is 0.778. The maximum absolute atomic E-state index is 5.58. The number of aromatic nitrogens is 1. The average Bonchev–Trinajstić information content (AvgIpc) is 2.16. The molecular formula is C12H21N3. The first-order valence-electron chi connectivity index (χ1n) is 5.40. The van der Waals surface area contributed by atoms with Crippen LogP contribution in [-0.4, -0.2) is 18.1 Å². The number of nitrogens with two attached hydrogens (primary N) is 1. The van der Waals surface area contributed by atoms with Crippen molar-refractivity contribution >= 4 is 5.69 Å². The summed E-state index contributed by atoms with van der Waals surface area (Å²) < 4.78 is 0. The number of anilines is 1. The summed E-state index contributed by atoms with van der Waals surface area (Å²) in [5.74, 6) is 0. The van der Waals surface area contributed by atoms with Gasteiger partial charge < -0.3 is 11.1 Å². The van der Waals surface area contributed by atoms with Crippen LogP contribution >= 0.6 is 0 Å². The first-order valence-corrected chi connectivity index (χ1v) is 5.40. The second-order valence-electron chi connectivity index (χ2n) is 4.75. The Morgan fingerprint density at radius 1 is 1.47 bits per heavy atom.